The van der Waals surface area contributed by atoms with Gasteiger partial charge in [-0.25, -0.2) is 4.79 Å². The fourth-order valence-electron chi connectivity index (χ4n) is 0.676. The number of carbonyl (C=O) groups excluding carboxylic acids is 1. The van der Waals surface area contributed by atoms with E-state index in [9.17, 15) is 4.79 Å². The fraction of sp³-hybridized carbons (Fsp3) is 0.909. The van der Waals surface area contributed by atoms with Crippen LogP contribution in [0.15, 0.2) is 0 Å². The van der Waals surface area contributed by atoms with Crippen LogP contribution >= 0.6 is 0 Å². The predicted octanol–water partition coefficient (Wildman–Crippen LogP) is 2.80. The molecule has 14 heavy (non-hydrogen) atoms. The minimum Gasteiger partial charge on any atom is -0.449 e. The van der Waals surface area contributed by atoms with Crippen molar-refractivity contribution in [1.82, 2.24) is 5.32 Å². The molecular formula is C11H23NO2. The molecule has 0 aromatic rings. The molecule has 0 aliphatic heterocycles. The van der Waals surface area contributed by atoms with Crippen LogP contribution in [0.4, 0.5) is 4.79 Å². The van der Waals surface area contributed by atoms with Crippen LogP contribution in [-0.2, 0) is 4.74 Å². The maximum atomic E-state index is 11.3. The van der Waals surface area contributed by atoms with Crippen molar-refractivity contribution in [3.63, 3.8) is 0 Å². The standard InChI is InChI=1S/C11H23NO2/c1-8(2)9(3)12-10(13)14-7-11(4,5)6/h8-9H,7H2,1-6H3,(H,12,13)/t9-/m1/s1. The molecule has 0 bridgehead atoms. The molecular weight excluding hydrogens is 178 g/mol. The van der Waals surface area contributed by atoms with Crippen molar-refractivity contribution in [1.29, 1.82) is 0 Å². The van der Waals surface area contributed by atoms with Crippen LogP contribution in [0.1, 0.15) is 41.5 Å². The van der Waals surface area contributed by atoms with Crippen LogP contribution < -0.4 is 5.32 Å². The maximum Gasteiger partial charge on any atom is 0.407 e. The molecule has 1 atom stereocenters. The number of ether oxygens (including phenoxy) is 1. The highest BCUT2D eigenvalue weighted by atomic mass is 16.5. The normalized spacial score (nSPS) is 13.9. The zero-order valence-corrected chi connectivity index (χ0v) is 10.2. The fourth-order valence-corrected chi connectivity index (χ4v) is 0.676. The van der Waals surface area contributed by atoms with E-state index < -0.39 is 0 Å². The third-order valence-corrected chi connectivity index (χ3v) is 1.98. The second-order valence-electron chi connectivity index (χ2n) is 5.31. The van der Waals surface area contributed by atoms with Gasteiger partial charge < -0.3 is 10.1 Å². The molecule has 0 spiro atoms. The minimum absolute atomic E-state index is 0.0262. The molecule has 0 saturated carbocycles. The van der Waals surface area contributed by atoms with E-state index in [1.165, 1.54) is 0 Å². The van der Waals surface area contributed by atoms with Crippen molar-refractivity contribution in [2.24, 2.45) is 11.3 Å². The largest absolute Gasteiger partial charge is 0.449 e. The quantitative estimate of drug-likeness (QED) is 0.762. The molecule has 0 fully saturated rings. The van der Waals surface area contributed by atoms with Crippen LogP contribution in [0.5, 0.6) is 0 Å². The van der Waals surface area contributed by atoms with Crippen LogP contribution in [0.2, 0.25) is 0 Å². The van der Waals surface area contributed by atoms with Crippen LogP contribution in [0, 0.1) is 11.3 Å². The lowest BCUT2D eigenvalue weighted by atomic mass is 9.99. The number of alkyl carbamates (subject to hydrolysis) is 1. The minimum atomic E-state index is -0.318. The van der Waals surface area contributed by atoms with Gasteiger partial charge in [0, 0.05) is 6.04 Å². The van der Waals surface area contributed by atoms with Gasteiger partial charge in [-0.2, -0.15) is 0 Å². The Labute approximate surface area is 87.2 Å². The van der Waals surface area contributed by atoms with Crippen LogP contribution in [0.3, 0.4) is 0 Å². The Morgan fingerprint density at radius 1 is 1.29 bits per heavy atom. The summed E-state index contributed by atoms with van der Waals surface area (Å²) in [5.74, 6) is 0.428. The van der Waals surface area contributed by atoms with Crippen molar-refractivity contribution in [3.8, 4) is 0 Å². The van der Waals surface area contributed by atoms with E-state index in [0.29, 0.717) is 12.5 Å². The Kier molecular flexibility index (Phi) is 4.95. The number of amides is 1. The Hall–Kier alpha value is -0.730. The zero-order valence-electron chi connectivity index (χ0n) is 10.2. The Morgan fingerprint density at radius 3 is 2.14 bits per heavy atom. The van der Waals surface area contributed by atoms with Crippen LogP contribution in [-0.4, -0.2) is 18.7 Å². The first-order valence-corrected chi connectivity index (χ1v) is 5.15. The molecule has 3 heteroatoms. The van der Waals surface area contributed by atoms with Gasteiger partial charge in [-0.1, -0.05) is 34.6 Å². The smallest absolute Gasteiger partial charge is 0.407 e. The summed E-state index contributed by atoms with van der Waals surface area (Å²) in [5.41, 5.74) is 0.0262. The summed E-state index contributed by atoms with van der Waals surface area (Å²) in [6.07, 6.45) is -0.318. The Morgan fingerprint density at radius 2 is 1.79 bits per heavy atom. The molecule has 0 radical (unpaired) electrons. The summed E-state index contributed by atoms with van der Waals surface area (Å²) in [6.45, 7) is 12.7. The summed E-state index contributed by atoms with van der Waals surface area (Å²) in [4.78, 5) is 11.3. The van der Waals surface area contributed by atoms with E-state index >= 15 is 0 Å². The van der Waals surface area contributed by atoms with Crippen molar-refractivity contribution in [3.05, 3.63) is 0 Å². The van der Waals surface area contributed by atoms with E-state index in [1.807, 2.05) is 27.7 Å². The lowest BCUT2D eigenvalue weighted by Gasteiger charge is -2.21. The summed E-state index contributed by atoms with van der Waals surface area (Å²) in [5, 5.41) is 2.79. The van der Waals surface area contributed by atoms with Gasteiger partial charge in [-0.15, -0.1) is 0 Å². The third kappa shape index (κ3) is 6.75. The molecule has 0 aliphatic carbocycles. The number of hydrogen-bond donors (Lipinski definition) is 1. The summed E-state index contributed by atoms with van der Waals surface area (Å²) in [6, 6.07) is 0.155. The Balaban J connectivity index is 3.77. The maximum absolute atomic E-state index is 11.3. The van der Waals surface area contributed by atoms with E-state index in [4.69, 9.17) is 4.74 Å². The number of rotatable bonds is 3. The molecule has 0 saturated heterocycles. The molecule has 1 N–H and O–H groups in total. The molecule has 0 heterocycles. The van der Waals surface area contributed by atoms with Gasteiger partial charge in [-0.3, -0.25) is 0 Å². The SMILES string of the molecule is CC(C)[C@@H](C)NC(=O)OCC(C)(C)C. The van der Waals surface area contributed by atoms with Gasteiger partial charge in [0.05, 0.1) is 6.61 Å². The first-order chi connectivity index (χ1) is 6.22. The molecule has 0 aliphatic rings. The lowest BCUT2D eigenvalue weighted by molar-refractivity contribution is 0.102. The van der Waals surface area contributed by atoms with E-state index in [-0.39, 0.29) is 17.6 Å². The second-order valence-corrected chi connectivity index (χ2v) is 5.31. The van der Waals surface area contributed by atoms with Crippen molar-refractivity contribution < 1.29 is 9.53 Å². The van der Waals surface area contributed by atoms with Gasteiger partial charge in [-0.05, 0) is 18.3 Å². The third-order valence-electron chi connectivity index (χ3n) is 1.98. The molecule has 1 amide bonds. The van der Waals surface area contributed by atoms with Gasteiger partial charge in [0.2, 0.25) is 0 Å². The Bertz CT molecular complexity index is 182. The molecule has 0 aromatic heterocycles. The first kappa shape index (κ1) is 13.3. The molecule has 84 valence electrons. The summed E-state index contributed by atoms with van der Waals surface area (Å²) in [7, 11) is 0. The van der Waals surface area contributed by atoms with E-state index in [0.717, 1.165) is 0 Å². The van der Waals surface area contributed by atoms with Crippen molar-refractivity contribution in [2.45, 2.75) is 47.6 Å². The van der Waals surface area contributed by atoms with Crippen molar-refractivity contribution >= 4 is 6.09 Å². The average molecular weight is 201 g/mol. The van der Waals surface area contributed by atoms with E-state index in [1.54, 1.807) is 0 Å². The molecule has 0 rings (SSSR count). The topological polar surface area (TPSA) is 38.3 Å². The van der Waals surface area contributed by atoms with Crippen molar-refractivity contribution in [2.75, 3.05) is 6.61 Å². The highest BCUT2D eigenvalue weighted by Crippen LogP contribution is 2.12. The van der Waals surface area contributed by atoms with Crippen LogP contribution in [0.25, 0.3) is 0 Å². The van der Waals surface area contributed by atoms with E-state index in [2.05, 4.69) is 19.2 Å². The highest BCUT2D eigenvalue weighted by Gasteiger charge is 2.15. The van der Waals surface area contributed by atoms with Gasteiger partial charge in [0.1, 0.15) is 0 Å². The second kappa shape index (κ2) is 5.23. The number of nitrogens with one attached hydrogen (secondary N) is 1. The first-order valence-electron chi connectivity index (χ1n) is 5.15. The average Bonchev–Trinajstić information content (AvgIpc) is 1.99. The molecule has 0 unspecified atom stereocenters. The number of carbonyl (C=O) groups is 1. The highest BCUT2D eigenvalue weighted by molar-refractivity contribution is 5.67. The molecule has 3 nitrogen and oxygen atoms in total. The van der Waals surface area contributed by atoms with Gasteiger partial charge in [0.15, 0.2) is 0 Å². The lowest BCUT2D eigenvalue weighted by Crippen LogP contribution is -2.37. The zero-order chi connectivity index (χ0) is 11.4. The molecule has 0 aromatic carbocycles. The summed E-state index contributed by atoms with van der Waals surface area (Å²) >= 11 is 0. The summed E-state index contributed by atoms with van der Waals surface area (Å²) < 4.78 is 5.08. The number of hydrogen-bond acceptors (Lipinski definition) is 2. The van der Waals surface area contributed by atoms with Gasteiger partial charge >= 0.3 is 6.09 Å². The predicted molar refractivity (Wildman–Crippen MR) is 58.2 cm³/mol. The van der Waals surface area contributed by atoms with Gasteiger partial charge in [0.25, 0.3) is 0 Å². The monoisotopic (exact) mass is 201 g/mol.